The maximum Gasteiger partial charge on any atom is 0.226 e. The summed E-state index contributed by atoms with van der Waals surface area (Å²) >= 11 is 6.74. The minimum atomic E-state index is -1.75. The molecule has 1 heterocycles. The normalized spacial score (nSPS) is 28.8. The third-order valence-electron chi connectivity index (χ3n) is 3.89. The van der Waals surface area contributed by atoms with E-state index >= 15 is 0 Å². The first-order chi connectivity index (χ1) is 9.96. The van der Waals surface area contributed by atoms with Crippen molar-refractivity contribution >= 4 is 31.9 Å². The predicted octanol–water partition coefficient (Wildman–Crippen LogP) is 3.66. The fourth-order valence-corrected chi connectivity index (χ4v) is 3.23. The van der Waals surface area contributed by atoms with E-state index in [1.54, 1.807) is 24.3 Å². The van der Waals surface area contributed by atoms with Crippen molar-refractivity contribution < 1.29 is 14.9 Å². The van der Waals surface area contributed by atoms with Gasteiger partial charge in [0.1, 0.15) is 5.60 Å². The Bertz CT molecular complexity index is 584. The number of ether oxygens (including phenoxy) is 1. The average molecular weight is 414 g/mol. The highest BCUT2D eigenvalue weighted by molar-refractivity contribution is 9.10. The molecule has 1 fully saturated rings. The summed E-state index contributed by atoms with van der Waals surface area (Å²) in [5.41, 5.74) is -0.302. The predicted molar refractivity (Wildman–Crippen MR) is 86.6 cm³/mol. The number of rotatable bonds is 2. The second-order valence-corrected chi connectivity index (χ2v) is 6.95. The Morgan fingerprint density at radius 1 is 0.810 bits per heavy atom. The number of hydrogen-bond acceptors (Lipinski definition) is 3. The summed E-state index contributed by atoms with van der Waals surface area (Å²) in [4.78, 5) is 0. The minimum Gasteiger partial charge on any atom is -0.379 e. The molecule has 5 heteroatoms. The zero-order valence-corrected chi connectivity index (χ0v) is 14.3. The Balaban J connectivity index is 2.08. The number of halogens is 2. The molecule has 2 aromatic rings. The lowest BCUT2D eigenvalue weighted by Crippen LogP contribution is -2.46. The van der Waals surface area contributed by atoms with Gasteiger partial charge in [-0.2, -0.15) is 0 Å². The van der Waals surface area contributed by atoms with Gasteiger partial charge in [0.05, 0.1) is 6.61 Å². The van der Waals surface area contributed by atoms with E-state index < -0.39 is 11.4 Å². The lowest BCUT2D eigenvalue weighted by molar-refractivity contribution is -0.269. The smallest absolute Gasteiger partial charge is 0.226 e. The van der Waals surface area contributed by atoms with Gasteiger partial charge in [-0.05, 0) is 29.8 Å². The molecule has 1 saturated heterocycles. The van der Waals surface area contributed by atoms with E-state index in [4.69, 9.17) is 4.74 Å². The van der Waals surface area contributed by atoms with E-state index in [9.17, 15) is 10.2 Å². The van der Waals surface area contributed by atoms with Gasteiger partial charge < -0.3 is 14.9 Å². The molecule has 0 amide bonds. The highest BCUT2D eigenvalue weighted by Crippen LogP contribution is 2.48. The molecule has 1 aliphatic rings. The molecule has 2 N–H and O–H groups in total. The van der Waals surface area contributed by atoms with Gasteiger partial charge >= 0.3 is 0 Å². The molecule has 3 nitrogen and oxygen atoms in total. The quantitative estimate of drug-likeness (QED) is 0.789. The van der Waals surface area contributed by atoms with Crippen molar-refractivity contribution in [2.45, 2.75) is 17.8 Å². The first-order valence-electron chi connectivity index (χ1n) is 6.56. The number of aliphatic hydroxyl groups is 2. The van der Waals surface area contributed by atoms with Crippen LogP contribution < -0.4 is 0 Å². The van der Waals surface area contributed by atoms with Crippen LogP contribution in [0.5, 0.6) is 0 Å². The van der Waals surface area contributed by atoms with Gasteiger partial charge in [0, 0.05) is 20.9 Å². The largest absolute Gasteiger partial charge is 0.379 e. The van der Waals surface area contributed by atoms with Crippen molar-refractivity contribution in [2.75, 3.05) is 6.61 Å². The fourth-order valence-electron chi connectivity index (χ4n) is 2.70. The molecule has 110 valence electrons. The van der Waals surface area contributed by atoms with Crippen LogP contribution in [0.4, 0.5) is 0 Å². The molecule has 0 saturated carbocycles. The van der Waals surface area contributed by atoms with E-state index in [0.717, 1.165) is 8.95 Å². The first-order valence-corrected chi connectivity index (χ1v) is 8.15. The molecule has 21 heavy (non-hydrogen) atoms. The molecular weight excluding hydrogens is 400 g/mol. The summed E-state index contributed by atoms with van der Waals surface area (Å²) in [6.07, 6.45) is 0.335. The lowest BCUT2D eigenvalue weighted by atomic mass is 9.81. The van der Waals surface area contributed by atoms with Crippen molar-refractivity contribution in [3.63, 3.8) is 0 Å². The zero-order valence-electron chi connectivity index (χ0n) is 11.1. The second kappa shape index (κ2) is 5.48. The Kier molecular flexibility index (Phi) is 3.96. The summed E-state index contributed by atoms with van der Waals surface area (Å²) in [6, 6.07) is 14.4. The summed E-state index contributed by atoms with van der Waals surface area (Å²) < 4.78 is 7.37. The van der Waals surface area contributed by atoms with E-state index in [1.165, 1.54) is 0 Å². The molecule has 0 aliphatic carbocycles. The first kappa shape index (κ1) is 15.2. The van der Waals surface area contributed by atoms with Crippen LogP contribution in [0.1, 0.15) is 17.5 Å². The third-order valence-corrected chi connectivity index (χ3v) is 4.95. The maximum atomic E-state index is 11.1. The second-order valence-electron chi connectivity index (χ2n) is 5.12. The monoisotopic (exact) mass is 412 g/mol. The van der Waals surface area contributed by atoms with Crippen LogP contribution >= 0.6 is 31.9 Å². The van der Waals surface area contributed by atoms with Crippen LogP contribution in [0.25, 0.3) is 0 Å². The Hall–Kier alpha value is -0.720. The van der Waals surface area contributed by atoms with Gasteiger partial charge in [-0.3, -0.25) is 0 Å². The molecule has 0 aromatic heterocycles. The Morgan fingerprint density at radius 3 is 1.81 bits per heavy atom. The van der Waals surface area contributed by atoms with Crippen molar-refractivity contribution in [1.29, 1.82) is 0 Å². The Labute approximate surface area is 139 Å². The SMILES string of the molecule is O[C@@]1(c2ccc(Br)cc2)CCO[C@]1(O)c1ccc(Br)cc1. The maximum absolute atomic E-state index is 11.1. The van der Waals surface area contributed by atoms with Crippen molar-refractivity contribution in [3.8, 4) is 0 Å². The van der Waals surface area contributed by atoms with Crippen molar-refractivity contribution in [2.24, 2.45) is 0 Å². The van der Waals surface area contributed by atoms with E-state index in [0.29, 0.717) is 24.2 Å². The van der Waals surface area contributed by atoms with Crippen LogP contribution in [-0.2, 0) is 16.1 Å². The van der Waals surface area contributed by atoms with Crippen molar-refractivity contribution in [1.82, 2.24) is 0 Å². The third kappa shape index (κ3) is 2.47. The van der Waals surface area contributed by atoms with Crippen LogP contribution in [0.15, 0.2) is 57.5 Å². The molecule has 0 bridgehead atoms. The van der Waals surface area contributed by atoms with Gasteiger partial charge in [-0.15, -0.1) is 0 Å². The van der Waals surface area contributed by atoms with Crippen LogP contribution in [0.3, 0.4) is 0 Å². The minimum absolute atomic E-state index is 0.291. The summed E-state index contributed by atoms with van der Waals surface area (Å²) in [6.45, 7) is 0.291. The van der Waals surface area contributed by atoms with Crippen LogP contribution in [0.2, 0.25) is 0 Å². The average Bonchev–Trinajstić information content (AvgIpc) is 2.78. The molecule has 2 atom stereocenters. The number of hydrogen-bond donors (Lipinski definition) is 2. The fraction of sp³-hybridized carbons (Fsp3) is 0.250. The molecule has 0 unspecified atom stereocenters. The zero-order chi connectivity index (χ0) is 15.1. The standard InChI is InChI=1S/C16H14Br2O3/c17-13-5-1-11(2-6-13)15(19)9-10-21-16(15,20)12-3-7-14(18)8-4-12/h1-8,19-20H,9-10H2/t15-,16-/m1/s1. The highest BCUT2D eigenvalue weighted by Gasteiger charge is 2.57. The lowest BCUT2D eigenvalue weighted by Gasteiger charge is -2.37. The van der Waals surface area contributed by atoms with Crippen molar-refractivity contribution in [3.05, 3.63) is 68.6 Å². The highest BCUT2D eigenvalue weighted by atomic mass is 79.9. The molecule has 0 radical (unpaired) electrons. The Morgan fingerprint density at radius 2 is 1.29 bits per heavy atom. The van der Waals surface area contributed by atoms with Crippen LogP contribution in [0, 0.1) is 0 Å². The topological polar surface area (TPSA) is 49.7 Å². The van der Waals surface area contributed by atoms with Gasteiger partial charge in [0.15, 0.2) is 0 Å². The molecule has 3 rings (SSSR count). The van der Waals surface area contributed by atoms with E-state index in [2.05, 4.69) is 31.9 Å². The van der Waals surface area contributed by atoms with Crippen LogP contribution in [-0.4, -0.2) is 16.8 Å². The molecule has 0 spiro atoms. The van der Waals surface area contributed by atoms with E-state index in [1.807, 2.05) is 24.3 Å². The van der Waals surface area contributed by atoms with E-state index in [-0.39, 0.29) is 0 Å². The number of benzene rings is 2. The molecule has 2 aromatic carbocycles. The van der Waals surface area contributed by atoms with Gasteiger partial charge in [-0.1, -0.05) is 56.1 Å². The van der Waals surface area contributed by atoms with Gasteiger partial charge in [0.25, 0.3) is 0 Å². The summed E-state index contributed by atoms with van der Waals surface area (Å²) in [5, 5.41) is 22.1. The van der Waals surface area contributed by atoms with Gasteiger partial charge in [0.2, 0.25) is 5.79 Å². The summed E-state index contributed by atoms with van der Waals surface area (Å²) in [5.74, 6) is -1.75. The molecular formula is C16H14Br2O3. The van der Waals surface area contributed by atoms with Gasteiger partial charge in [-0.25, -0.2) is 0 Å². The summed E-state index contributed by atoms with van der Waals surface area (Å²) in [7, 11) is 0. The molecule has 1 aliphatic heterocycles.